The third-order valence-corrected chi connectivity index (χ3v) is 5.07. The monoisotopic (exact) mass is 399 g/mol. The van der Waals surface area contributed by atoms with Crippen LogP contribution in [0.2, 0.25) is 0 Å². The predicted molar refractivity (Wildman–Crippen MR) is 112 cm³/mol. The molecule has 2 N–H and O–H groups in total. The summed E-state index contributed by atoms with van der Waals surface area (Å²) in [6.45, 7) is 5.88. The van der Waals surface area contributed by atoms with Gasteiger partial charge in [-0.3, -0.25) is 4.79 Å². The molecule has 1 aromatic carbocycles. The summed E-state index contributed by atoms with van der Waals surface area (Å²) in [4.78, 5) is 24.7. The summed E-state index contributed by atoms with van der Waals surface area (Å²) in [6, 6.07) is 8.97. The summed E-state index contributed by atoms with van der Waals surface area (Å²) >= 11 is 0. The average molecular weight is 400 g/mol. The highest BCUT2D eigenvalue weighted by atomic mass is 16.6. The smallest absolute Gasteiger partial charge is 0.407 e. The van der Waals surface area contributed by atoms with Gasteiger partial charge >= 0.3 is 6.09 Å². The van der Waals surface area contributed by atoms with Crippen molar-refractivity contribution in [2.24, 2.45) is 5.92 Å². The summed E-state index contributed by atoms with van der Waals surface area (Å²) in [5, 5.41) is 14.7. The highest BCUT2D eigenvalue weighted by Crippen LogP contribution is 2.28. The second kappa shape index (κ2) is 10.8. The van der Waals surface area contributed by atoms with Crippen molar-refractivity contribution in [2.45, 2.75) is 83.9 Å². The van der Waals surface area contributed by atoms with Gasteiger partial charge in [-0.05, 0) is 50.8 Å². The van der Waals surface area contributed by atoms with Gasteiger partial charge in [-0.2, -0.15) is 5.26 Å². The normalized spacial score (nSPS) is 15.8. The lowest BCUT2D eigenvalue weighted by Crippen LogP contribution is -2.42. The number of nitrogens with zero attached hydrogens (tertiary/aromatic N) is 1. The maximum atomic E-state index is 12.5. The minimum atomic E-state index is -0.572. The molecule has 0 heterocycles. The van der Waals surface area contributed by atoms with E-state index in [-0.39, 0.29) is 18.4 Å². The SMILES string of the molecule is CC(C)(C)OC(=O)N[C@@H](CC(=O)NCc1ccc(C#N)cc1)CC1CCCCC1. The fourth-order valence-corrected chi connectivity index (χ4v) is 3.69. The van der Waals surface area contributed by atoms with E-state index >= 15 is 0 Å². The first kappa shape index (κ1) is 22.7. The minimum absolute atomic E-state index is 0.105. The van der Waals surface area contributed by atoms with Crippen molar-refractivity contribution < 1.29 is 14.3 Å². The molecule has 2 amide bonds. The zero-order valence-electron chi connectivity index (χ0n) is 17.8. The fraction of sp³-hybridized carbons (Fsp3) is 0.609. The maximum absolute atomic E-state index is 12.5. The summed E-state index contributed by atoms with van der Waals surface area (Å²) < 4.78 is 5.38. The van der Waals surface area contributed by atoms with E-state index in [0.717, 1.165) is 24.8 Å². The van der Waals surface area contributed by atoms with Gasteiger partial charge < -0.3 is 15.4 Å². The van der Waals surface area contributed by atoms with Gasteiger partial charge in [0.15, 0.2) is 0 Å². The second-order valence-electron chi connectivity index (χ2n) is 8.87. The molecule has 6 heteroatoms. The Kier molecular flexibility index (Phi) is 8.50. The van der Waals surface area contributed by atoms with Gasteiger partial charge in [-0.1, -0.05) is 44.2 Å². The third-order valence-electron chi connectivity index (χ3n) is 5.07. The lowest BCUT2D eigenvalue weighted by atomic mass is 9.84. The number of rotatable bonds is 7. The number of alkyl carbamates (subject to hydrolysis) is 1. The van der Waals surface area contributed by atoms with E-state index in [9.17, 15) is 9.59 Å². The molecule has 1 fully saturated rings. The molecule has 1 aromatic rings. The summed E-state index contributed by atoms with van der Waals surface area (Å²) in [5.74, 6) is 0.432. The average Bonchev–Trinajstić information content (AvgIpc) is 2.66. The molecule has 0 unspecified atom stereocenters. The highest BCUT2D eigenvalue weighted by molar-refractivity contribution is 5.77. The summed E-state index contributed by atoms with van der Waals surface area (Å²) in [7, 11) is 0. The molecular weight excluding hydrogens is 366 g/mol. The van der Waals surface area contributed by atoms with Crippen LogP contribution in [0.3, 0.4) is 0 Å². The van der Waals surface area contributed by atoms with E-state index in [1.807, 2.05) is 32.9 Å². The molecule has 1 atom stereocenters. The molecule has 1 aliphatic rings. The topological polar surface area (TPSA) is 91.2 Å². The Bertz CT molecular complexity index is 710. The minimum Gasteiger partial charge on any atom is -0.444 e. The van der Waals surface area contributed by atoms with E-state index in [1.165, 1.54) is 19.3 Å². The van der Waals surface area contributed by atoms with Gasteiger partial charge in [-0.15, -0.1) is 0 Å². The summed E-state index contributed by atoms with van der Waals surface area (Å²) in [6.07, 6.45) is 6.56. The molecule has 29 heavy (non-hydrogen) atoms. The first-order valence-electron chi connectivity index (χ1n) is 10.5. The van der Waals surface area contributed by atoms with Crippen molar-refractivity contribution in [2.75, 3.05) is 0 Å². The lowest BCUT2D eigenvalue weighted by molar-refractivity contribution is -0.121. The van der Waals surface area contributed by atoms with Crippen LogP contribution in [0.4, 0.5) is 4.79 Å². The van der Waals surface area contributed by atoms with Crippen LogP contribution < -0.4 is 10.6 Å². The molecular formula is C23H33N3O3. The van der Waals surface area contributed by atoms with Crippen LogP contribution in [0.5, 0.6) is 0 Å². The Morgan fingerprint density at radius 1 is 1.17 bits per heavy atom. The number of benzene rings is 1. The Morgan fingerprint density at radius 3 is 2.41 bits per heavy atom. The molecule has 0 bridgehead atoms. The maximum Gasteiger partial charge on any atom is 0.407 e. The first-order chi connectivity index (χ1) is 13.7. The zero-order chi connectivity index (χ0) is 21.3. The molecule has 0 radical (unpaired) electrons. The largest absolute Gasteiger partial charge is 0.444 e. The van der Waals surface area contributed by atoms with Gasteiger partial charge in [0.05, 0.1) is 11.6 Å². The standard InChI is InChI=1S/C23H33N3O3/c1-23(2,3)29-22(28)26-20(13-17-7-5-4-6-8-17)14-21(27)25-16-19-11-9-18(15-24)10-12-19/h9-12,17,20H,4-8,13-14,16H2,1-3H3,(H,25,27)(H,26,28)/t20-/m1/s1. The molecule has 0 spiro atoms. The Balaban J connectivity index is 1.90. The molecule has 0 saturated heterocycles. The van der Waals surface area contributed by atoms with Crippen LogP contribution >= 0.6 is 0 Å². The lowest BCUT2D eigenvalue weighted by Gasteiger charge is -2.28. The van der Waals surface area contributed by atoms with Crippen LogP contribution in [0, 0.1) is 17.2 Å². The van der Waals surface area contributed by atoms with E-state index in [4.69, 9.17) is 10.00 Å². The molecule has 0 aromatic heterocycles. The van der Waals surface area contributed by atoms with Crippen molar-refractivity contribution in [3.63, 3.8) is 0 Å². The number of nitriles is 1. The number of amides is 2. The van der Waals surface area contributed by atoms with Crippen molar-refractivity contribution >= 4 is 12.0 Å². The van der Waals surface area contributed by atoms with E-state index in [2.05, 4.69) is 16.7 Å². The number of nitrogens with one attached hydrogen (secondary N) is 2. The van der Waals surface area contributed by atoms with Crippen LogP contribution in [0.25, 0.3) is 0 Å². The van der Waals surface area contributed by atoms with E-state index in [1.54, 1.807) is 12.1 Å². The second-order valence-corrected chi connectivity index (χ2v) is 8.87. The van der Waals surface area contributed by atoms with Crippen molar-refractivity contribution in [1.82, 2.24) is 10.6 Å². The molecule has 1 saturated carbocycles. The van der Waals surface area contributed by atoms with Crippen LogP contribution in [-0.4, -0.2) is 23.6 Å². The molecule has 0 aliphatic heterocycles. The Labute approximate surface area is 174 Å². The van der Waals surface area contributed by atoms with Crippen LogP contribution in [0.1, 0.15) is 76.8 Å². The fourth-order valence-electron chi connectivity index (χ4n) is 3.69. The van der Waals surface area contributed by atoms with Crippen molar-refractivity contribution in [1.29, 1.82) is 5.26 Å². The van der Waals surface area contributed by atoms with Gasteiger partial charge in [0.2, 0.25) is 5.91 Å². The quantitative estimate of drug-likeness (QED) is 0.709. The van der Waals surface area contributed by atoms with Crippen molar-refractivity contribution in [3.05, 3.63) is 35.4 Å². The van der Waals surface area contributed by atoms with Crippen LogP contribution in [0.15, 0.2) is 24.3 Å². The first-order valence-corrected chi connectivity index (χ1v) is 10.5. The van der Waals surface area contributed by atoms with Gasteiger partial charge in [-0.25, -0.2) is 4.79 Å². The molecule has 2 rings (SSSR count). The number of carbonyl (C=O) groups excluding carboxylic acids is 2. The van der Waals surface area contributed by atoms with E-state index < -0.39 is 11.7 Å². The van der Waals surface area contributed by atoms with E-state index in [0.29, 0.717) is 18.0 Å². The number of ether oxygens (including phenoxy) is 1. The molecule has 158 valence electrons. The van der Waals surface area contributed by atoms with Gasteiger partial charge in [0, 0.05) is 19.0 Å². The van der Waals surface area contributed by atoms with Crippen LogP contribution in [-0.2, 0) is 16.1 Å². The van der Waals surface area contributed by atoms with Crippen molar-refractivity contribution in [3.8, 4) is 6.07 Å². The number of hydrogen-bond acceptors (Lipinski definition) is 4. The zero-order valence-corrected chi connectivity index (χ0v) is 17.8. The van der Waals surface area contributed by atoms with Gasteiger partial charge in [0.1, 0.15) is 5.60 Å². The summed E-state index contributed by atoms with van der Waals surface area (Å²) in [5.41, 5.74) is 0.951. The predicted octanol–water partition coefficient (Wildman–Crippen LogP) is 4.43. The van der Waals surface area contributed by atoms with Gasteiger partial charge in [0.25, 0.3) is 0 Å². The molecule has 1 aliphatic carbocycles. The highest BCUT2D eigenvalue weighted by Gasteiger charge is 2.25. The Morgan fingerprint density at radius 2 is 1.83 bits per heavy atom. The number of carbonyl (C=O) groups is 2. The number of hydrogen-bond donors (Lipinski definition) is 2. The Hall–Kier alpha value is -2.55. The third kappa shape index (κ3) is 8.99. The molecule has 6 nitrogen and oxygen atoms in total.